The van der Waals surface area contributed by atoms with Crippen molar-refractivity contribution in [2.45, 2.75) is 25.3 Å². The summed E-state index contributed by atoms with van der Waals surface area (Å²) in [7, 11) is 7.42. The van der Waals surface area contributed by atoms with Gasteiger partial charge in [0.15, 0.2) is 0 Å². The molecule has 2 amide bonds. The SMILES string of the molecule is COc1cc(C)c(S(=O)N(C)CC(=O)NCC(=O)N(C)Cc2ccc3nc(NCCN(C)C)ccc3c2)c(C)c1. The van der Waals surface area contributed by atoms with E-state index in [1.54, 1.807) is 26.1 Å². The minimum absolute atomic E-state index is 0.113. The number of anilines is 1. The van der Waals surface area contributed by atoms with Crippen LogP contribution in [-0.4, -0.2) is 96.6 Å². The van der Waals surface area contributed by atoms with Crippen molar-refractivity contribution in [2.75, 3.05) is 66.8 Å². The fraction of sp³-hybridized carbons (Fsp3) is 0.414. The van der Waals surface area contributed by atoms with Crippen molar-refractivity contribution < 1.29 is 18.5 Å². The van der Waals surface area contributed by atoms with E-state index in [1.165, 1.54) is 4.31 Å². The zero-order valence-electron chi connectivity index (χ0n) is 24.4. The second-order valence-electron chi connectivity index (χ2n) is 10.1. The number of rotatable bonds is 13. The van der Waals surface area contributed by atoms with Gasteiger partial charge in [0.2, 0.25) is 11.8 Å². The van der Waals surface area contributed by atoms with Gasteiger partial charge in [-0.15, -0.1) is 0 Å². The molecular weight excluding hydrogens is 528 g/mol. The summed E-state index contributed by atoms with van der Waals surface area (Å²) < 4.78 is 19.8. The van der Waals surface area contributed by atoms with Crippen molar-refractivity contribution in [2.24, 2.45) is 0 Å². The minimum atomic E-state index is -1.54. The summed E-state index contributed by atoms with van der Waals surface area (Å²) in [6.45, 7) is 5.58. The normalized spacial score (nSPS) is 12.0. The largest absolute Gasteiger partial charge is 0.497 e. The number of carbonyl (C=O) groups excluding carboxylic acids is 2. The first kappa shape index (κ1) is 31.0. The molecule has 0 bridgehead atoms. The molecule has 2 N–H and O–H groups in total. The third-order valence-electron chi connectivity index (χ3n) is 6.39. The number of nitrogens with one attached hydrogen (secondary N) is 2. The van der Waals surface area contributed by atoms with Gasteiger partial charge in [0, 0.05) is 39.1 Å². The van der Waals surface area contributed by atoms with Crippen molar-refractivity contribution in [3.05, 3.63) is 59.2 Å². The summed E-state index contributed by atoms with van der Waals surface area (Å²) in [4.78, 5) is 34.2. The van der Waals surface area contributed by atoms with Gasteiger partial charge < -0.3 is 25.2 Å². The first-order chi connectivity index (χ1) is 19.0. The number of pyridine rings is 1. The number of amides is 2. The molecule has 0 radical (unpaired) electrons. The van der Waals surface area contributed by atoms with Gasteiger partial charge in [0.25, 0.3) is 0 Å². The monoisotopic (exact) mass is 568 g/mol. The smallest absolute Gasteiger partial charge is 0.242 e. The molecule has 0 spiro atoms. The molecule has 3 aromatic rings. The molecule has 0 aliphatic carbocycles. The molecule has 10 nitrogen and oxygen atoms in total. The Bertz CT molecular complexity index is 1360. The van der Waals surface area contributed by atoms with Crippen molar-refractivity contribution in [1.82, 2.24) is 24.4 Å². The van der Waals surface area contributed by atoms with E-state index in [1.807, 2.05) is 70.4 Å². The van der Waals surface area contributed by atoms with Crippen LogP contribution in [0.5, 0.6) is 5.75 Å². The number of aromatic nitrogens is 1. The number of fused-ring (bicyclic) bond motifs is 1. The van der Waals surface area contributed by atoms with Crippen molar-refractivity contribution >= 4 is 39.5 Å². The van der Waals surface area contributed by atoms with Crippen LogP contribution in [0.3, 0.4) is 0 Å². The quantitative estimate of drug-likeness (QED) is 0.326. The van der Waals surface area contributed by atoms with E-state index in [2.05, 4.69) is 20.5 Å². The van der Waals surface area contributed by atoms with Crippen LogP contribution < -0.4 is 15.4 Å². The first-order valence-electron chi connectivity index (χ1n) is 13.1. The maximum Gasteiger partial charge on any atom is 0.242 e. The van der Waals surface area contributed by atoms with E-state index in [0.29, 0.717) is 17.2 Å². The Hall–Kier alpha value is -3.54. The van der Waals surface area contributed by atoms with Gasteiger partial charge in [-0.1, -0.05) is 6.07 Å². The third kappa shape index (κ3) is 8.48. The standard InChI is InChI=1S/C29H40N6O4S/c1-20-14-24(39-7)15-21(2)29(20)40(38)35(6)19-27(36)31-17-28(37)34(5)18-22-8-10-25-23(16-22)9-11-26(32-25)30-12-13-33(3)4/h8-11,14-16H,12-13,17-19H2,1-7H3,(H,30,32)(H,31,36). The lowest BCUT2D eigenvalue weighted by Gasteiger charge is -2.20. The third-order valence-corrected chi connectivity index (χ3v) is 8.08. The first-order valence-corrected chi connectivity index (χ1v) is 14.2. The maximum absolute atomic E-state index is 13.1. The second-order valence-corrected chi connectivity index (χ2v) is 11.6. The topological polar surface area (TPSA) is 107 Å². The molecule has 0 fully saturated rings. The highest BCUT2D eigenvalue weighted by Gasteiger charge is 2.20. The number of likely N-dealkylation sites (N-methyl/N-ethyl adjacent to an activating group) is 3. The number of carbonyl (C=O) groups is 2. The van der Waals surface area contributed by atoms with Gasteiger partial charge in [0.1, 0.15) is 22.6 Å². The Morgan fingerprint density at radius 3 is 2.35 bits per heavy atom. The van der Waals surface area contributed by atoms with Gasteiger partial charge in [-0.3, -0.25) is 9.59 Å². The van der Waals surface area contributed by atoms with E-state index in [9.17, 15) is 13.8 Å². The lowest BCUT2D eigenvalue weighted by molar-refractivity contribution is -0.132. The fourth-order valence-corrected chi connectivity index (χ4v) is 5.44. The van der Waals surface area contributed by atoms with Crippen molar-refractivity contribution in [3.8, 4) is 5.75 Å². The Morgan fingerprint density at radius 1 is 1.00 bits per heavy atom. The lowest BCUT2D eigenvalue weighted by atomic mass is 10.1. The number of methoxy groups -OCH3 is 1. The summed E-state index contributed by atoms with van der Waals surface area (Å²) in [5, 5.41) is 6.96. The Kier molecular flexibility index (Phi) is 11.0. The number of ether oxygens (including phenoxy) is 1. The average molecular weight is 569 g/mol. The zero-order chi connectivity index (χ0) is 29.4. The molecular formula is C29H40N6O4S. The van der Waals surface area contributed by atoms with E-state index in [0.717, 1.165) is 46.5 Å². The summed E-state index contributed by atoms with van der Waals surface area (Å²) in [6.07, 6.45) is 0. The van der Waals surface area contributed by atoms with Crippen LogP contribution in [0.1, 0.15) is 16.7 Å². The predicted octanol–water partition coefficient (Wildman–Crippen LogP) is 2.56. The van der Waals surface area contributed by atoms with Crippen LogP contribution in [0.25, 0.3) is 10.9 Å². The van der Waals surface area contributed by atoms with E-state index >= 15 is 0 Å². The second kappa shape index (κ2) is 14.2. The summed E-state index contributed by atoms with van der Waals surface area (Å²) >= 11 is 0. The van der Waals surface area contributed by atoms with E-state index in [4.69, 9.17) is 4.74 Å². The molecule has 1 atom stereocenters. The highest BCUT2D eigenvalue weighted by Crippen LogP contribution is 2.25. The molecule has 40 heavy (non-hydrogen) atoms. The lowest BCUT2D eigenvalue weighted by Crippen LogP contribution is -2.42. The molecule has 2 aromatic carbocycles. The van der Waals surface area contributed by atoms with Crippen LogP contribution in [0.4, 0.5) is 5.82 Å². The summed E-state index contributed by atoms with van der Waals surface area (Å²) in [5.41, 5.74) is 3.48. The highest BCUT2D eigenvalue weighted by molar-refractivity contribution is 7.82. The molecule has 0 saturated carbocycles. The van der Waals surface area contributed by atoms with Gasteiger partial charge in [-0.25, -0.2) is 13.5 Å². The number of aryl methyl sites for hydroxylation is 2. The van der Waals surface area contributed by atoms with Crippen LogP contribution in [-0.2, 0) is 27.1 Å². The Balaban J connectivity index is 1.50. The van der Waals surface area contributed by atoms with Crippen LogP contribution in [0.15, 0.2) is 47.4 Å². The summed E-state index contributed by atoms with van der Waals surface area (Å²) in [5.74, 6) is 0.913. The molecule has 1 heterocycles. The van der Waals surface area contributed by atoms with Gasteiger partial charge in [0.05, 0.1) is 30.6 Å². The molecule has 0 saturated heterocycles. The minimum Gasteiger partial charge on any atom is -0.497 e. The van der Waals surface area contributed by atoms with Crippen molar-refractivity contribution in [1.29, 1.82) is 0 Å². The van der Waals surface area contributed by atoms with Crippen LogP contribution >= 0.6 is 0 Å². The van der Waals surface area contributed by atoms with Crippen molar-refractivity contribution in [3.63, 3.8) is 0 Å². The maximum atomic E-state index is 13.1. The zero-order valence-corrected chi connectivity index (χ0v) is 25.2. The molecule has 1 unspecified atom stereocenters. The fourth-order valence-electron chi connectivity index (χ4n) is 4.23. The molecule has 1 aromatic heterocycles. The highest BCUT2D eigenvalue weighted by atomic mass is 32.2. The van der Waals surface area contributed by atoms with Gasteiger partial charge in [-0.05, 0) is 81.0 Å². The average Bonchev–Trinajstić information content (AvgIpc) is 2.90. The molecule has 0 aliphatic heterocycles. The molecule has 11 heteroatoms. The predicted molar refractivity (Wildman–Crippen MR) is 160 cm³/mol. The van der Waals surface area contributed by atoms with Crippen LogP contribution in [0, 0.1) is 13.8 Å². The molecule has 3 rings (SSSR count). The Morgan fingerprint density at radius 2 is 1.70 bits per heavy atom. The molecule has 216 valence electrons. The number of benzene rings is 2. The van der Waals surface area contributed by atoms with Gasteiger partial charge >= 0.3 is 0 Å². The van der Waals surface area contributed by atoms with E-state index < -0.39 is 11.0 Å². The van der Waals surface area contributed by atoms with E-state index in [-0.39, 0.29) is 24.9 Å². The van der Waals surface area contributed by atoms with Gasteiger partial charge in [-0.2, -0.15) is 0 Å². The number of hydrogen-bond acceptors (Lipinski definition) is 7. The van der Waals surface area contributed by atoms with Crippen LogP contribution in [0.2, 0.25) is 0 Å². The number of nitrogens with zero attached hydrogens (tertiary/aromatic N) is 4. The molecule has 0 aliphatic rings. The summed E-state index contributed by atoms with van der Waals surface area (Å²) in [6, 6.07) is 13.5. The Labute approximate surface area is 239 Å². The number of hydrogen-bond donors (Lipinski definition) is 2.